The molecular weight excluding hydrogens is 348 g/mol. The Kier molecular flexibility index (Phi) is 4.45. The Labute approximate surface area is 125 Å². The lowest BCUT2D eigenvalue weighted by Gasteiger charge is -2.11. The van der Waals surface area contributed by atoms with Crippen LogP contribution in [0.2, 0.25) is 0 Å². The maximum atomic E-state index is 11.5. The number of sulfone groups is 1. The molecule has 2 rings (SSSR count). The lowest BCUT2D eigenvalue weighted by molar-refractivity contribution is 0.179. The third-order valence-electron chi connectivity index (χ3n) is 2.74. The van der Waals surface area contributed by atoms with Crippen LogP contribution >= 0.6 is 27.3 Å². The van der Waals surface area contributed by atoms with E-state index in [1.807, 2.05) is 11.4 Å². The first kappa shape index (κ1) is 14.7. The summed E-state index contributed by atoms with van der Waals surface area (Å²) in [5, 5.41) is 12.1. The largest absolute Gasteiger partial charge is 0.388 e. The Morgan fingerprint density at radius 3 is 2.68 bits per heavy atom. The summed E-state index contributed by atoms with van der Waals surface area (Å²) in [6.45, 7) is 0. The second-order valence-corrected chi connectivity index (χ2v) is 8.13. The van der Waals surface area contributed by atoms with E-state index in [9.17, 15) is 13.5 Å². The Bertz CT molecular complexity index is 677. The molecule has 3 nitrogen and oxygen atoms in total. The standard InChI is InChI=1S/C13H13BrO3S2/c1-19(16,17)10-4-2-3-9(7-10)12(15)8-13-11(14)5-6-18-13/h2-7,12,15H,8H2,1H3. The predicted molar refractivity (Wildman–Crippen MR) is 80.2 cm³/mol. The number of benzene rings is 1. The Morgan fingerprint density at radius 2 is 2.11 bits per heavy atom. The number of halogens is 1. The van der Waals surface area contributed by atoms with Gasteiger partial charge in [-0.15, -0.1) is 11.3 Å². The summed E-state index contributed by atoms with van der Waals surface area (Å²) in [6, 6.07) is 8.38. The van der Waals surface area contributed by atoms with Crippen LogP contribution in [0.15, 0.2) is 45.1 Å². The third kappa shape index (κ3) is 3.66. The van der Waals surface area contributed by atoms with Crippen LogP contribution in [0.4, 0.5) is 0 Å². The van der Waals surface area contributed by atoms with Crippen LogP contribution in [0.25, 0.3) is 0 Å². The van der Waals surface area contributed by atoms with Crippen LogP contribution in [0.5, 0.6) is 0 Å². The second-order valence-electron chi connectivity index (χ2n) is 4.26. The lowest BCUT2D eigenvalue weighted by atomic mass is 10.1. The van der Waals surface area contributed by atoms with E-state index in [4.69, 9.17) is 0 Å². The molecule has 0 spiro atoms. The van der Waals surface area contributed by atoms with E-state index >= 15 is 0 Å². The van der Waals surface area contributed by atoms with Gasteiger partial charge in [0.2, 0.25) is 0 Å². The highest BCUT2D eigenvalue weighted by Crippen LogP contribution is 2.28. The van der Waals surface area contributed by atoms with Gasteiger partial charge >= 0.3 is 0 Å². The van der Waals surface area contributed by atoms with Crippen LogP contribution in [0.1, 0.15) is 16.5 Å². The molecule has 1 aromatic carbocycles. The van der Waals surface area contributed by atoms with Gasteiger partial charge in [0.15, 0.2) is 9.84 Å². The minimum Gasteiger partial charge on any atom is -0.388 e. The van der Waals surface area contributed by atoms with Crippen LogP contribution in [-0.4, -0.2) is 19.8 Å². The zero-order valence-electron chi connectivity index (χ0n) is 10.2. The first-order valence-corrected chi connectivity index (χ1v) is 9.14. The summed E-state index contributed by atoms with van der Waals surface area (Å²) in [5.74, 6) is 0. The van der Waals surface area contributed by atoms with Gasteiger partial charge < -0.3 is 5.11 Å². The molecule has 0 radical (unpaired) electrons. The SMILES string of the molecule is CS(=O)(=O)c1cccc(C(O)Cc2sccc2Br)c1. The zero-order valence-corrected chi connectivity index (χ0v) is 13.4. The van der Waals surface area contributed by atoms with Crippen molar-refractivity contribution in [3.63, 3.8) is 0 Å². The van der Waals surface area contributed by atoms with E-state index in [0.29, 0.717) is 12.0 Å². The number of aliphatic hydroxyl groups is 1. The van der Waals surface area contributed by atoms with Crippen LogP contribution in [0.3, 0.4) is 0 Å². The summed E-state index contributed by atoms with van der Waals surface area (Å²) in [5.41, 5.74) is 0.614. The molecule has 0 bridgehead atoms. The first-order valence-electron chi connectivity index (χ1n) is 5.58. The number of hydrogen-bond acceptors (Lipinski definition) is 4. The second kappa shape index (κ2) is 5.75. The maximum absolute atomic E-state index is 11.5. The minimum absolute atomic E-state index is 0.231. The highest BCUT2D eigenvalue weighted by atomic mass is 79.9. The molecule has 0 saturated heterocycles. The number of hydrogen-bond donors (Lipinski definition) is 1. The molecule has 1 heterocycles. The normalized spacial score (nSPS) is 13.4. The van der Waals surface area contributed by atoms with Crippen molar-refractivity contribution in [1.29, 1.82) is 0 Å². The molecule has 1 atom stereocenters. The topological polar surface area (TPSA) is 54.4 Å². The minimum atomic E-state index is -3.25. The van der Waals surface area contributed by atoms with E-state index in [-0.39, 0.29) is 4.90 Å². The van der Waals surface area contributed by atoms with E-state index in [1.165, 1.54) is 12.1 Å². The summed E-state index contributed by atoms with van der Waals surface area (Å²) in [7, 11) is -3.25. The van der Waals surface area contributed by atoms with Crippen molar-refractivity contribution in [3.8, 4) is 0 Å². The molecule has 0 amide bonds. The summed E-state index contributed by atoms with van der Waals surface area (Å²) in [4.78, 5) is 1.27. The monoisotopic (exact) mass is 360 g/mol. The molecule has 0 aliphatic heterocycles. The molecule has 102 valence electrons. The quantitative estimate of drug-likeness (QED) is 0.910. The predicted octanol–water partition coefficient (Wildman–Crippen LogP) is 3.19. The van der Waals surface area contributed by atoms with Crippen molar-refractivity contribution >= 4 is 37.1 Å². The van der Waals surface area contributed by atoms with Gasteiger partial charge in [-0.25, -0.2) is 8.42 Å². The van der Waals surface area contributed by atoms with Crippen molar-refractivity contribution in [2.75, 3.05) is 6.26 Å². The van der Waals surface area contributed by atoms with Gasteiger partial charge in [0.25, 0.3) is 0 Å². The fourth-order valence-corrected chi connectivity index (χ4v) is 3.95. The molecule has 6 heteroatoms. The molecule has 0 fully saturated rings. The van der Waals surface area contributed by atoms with E-state index in [2.05, 4.69) is 15.9 Å². The van der Waals surface area contributed by atoms with E-state index in [1.54, 1.807) is 23.5 Å². The van der Waals surface area contributed by atoms with Gasteiger partial charge in [0.1, 0.15) is 0 Å². The highest BCUT2D eigenvalue weighted by Gasteiger charge is 2.14. The van der Waals surface area contributed by atoms with Crippen LogP contribution < -0.4 is 0 Å². The summed E-state index contributed by atoms with van der Waals surface area (Å²) < 4.78 is 24.0. The summed E-state index contributed by atoms with van der Waals surface area (Å²) in [6.07, 6.45) is 0.913. The Morgan fingerprint density at radius 1 is 1.37 bits per heavy atom. The van der Waals surface area contributed by atoms with Crippen molar-refractivity contribution in [1.82, 2.24) is 0 Å². The van der Waals surface area contributed by atoms with Crippen molar-refractivity contribution in [2.24, 2.45) is 0 Å². The van der Waals surface area contributed by atoms with Gasteiger partial charge in [-0.3, -0.25) is 0 Å². The highest BCUT2D eigenvalue weighted by molar-refractivity contribution is 9.10. The fourth-order valence-electron chi connectivity index (χ4n) is 1.72. The smallest absolute Gasteiger partial charge is 0.175 e. The molecule has 19 heavy (non-hydrogen) atoms. The zero-order chi connectivity index (χ0) is 14.0. The Hall–Kier alpha value is -0.690. The van der Waals surface area contributed by atoms with Gasteiger partial charge in [-0.2, -0.15) is 0 Å². The molecule has 0 aliphatic carbocycles. The molecule has 0 saturated carbocycles. The molecular formula is C13H13BrO3S2. The number of aliphatic hydroxyl groups excluding tert-OH is 1. The third-order valence-corrected chi connectivity index (χ3v) is 5.80. The van der Waals surface area contributed by atoms with Gasteiger partial charge in [0.05, 0.1) is 11.0 Å². The van der Waals surface area contributed by atoms with E-state index < -0.39 is 15.9 Å². The molecule has 0 aliphatic rings. The van der Waals surface area contributed by atoms with E-state index in [0.717, 1.165) is 15.6 Å². The van der Waals surface area contributed by atoms with Crippen LogP contribution in [0, 0.1) is 0 Å². The fraction of sp³-hybridized carbons (Fsp3) is 0.231. The molecule has 1 aromatic heterocycles. The van der Waals surface area contributed by atoms with Crippen molar-refractivity contribution < 1.29 is 13.5 Å². The first-order chi connectivity index (χ1) is 8.88. The number of rotatable bonds is 4. The van der Waals surface area contributed by atoms with Crippen molar-refractivity contribution in [3.05, 3.63) is 50.6 Å². The average molecular weight is 361 g/mol. The van der Waals surface area contributed by atoms with Gasteiger partial charge in [-0.05, 0) is 45.1 Å². The lowest BCUT2D eigenvalue weighted by Crippen LogP contribution is -2.03. The van der Waals surface area contributed by atoms with Crippen molar-refractivity contribution in [2.45, 2.75) is 17.4 Å². The molecule has 1 unspecified atom stereocenters. The number of thiophene rings is 1. The summed E-state index contributed by atoms with van der Waals surface area (Å²) >= 11 is 4.97. The van der Waals surface area contributed by atoms with Gasteiger partial charge in [0, 0.05) is 22.0 Å². The average Bonchev–Trinajstić information content (AvgIpc) is 2.74. The molecule has 1 N–H and O–H groups in total. The van der Waals surface area contributed by atoms with Gasteiger partial charge in [-0.1, -0.05) is 12.1 Å². The maximum Gasteiger partial charge on any atom is 0.175 e. The Balaban J connectivity index is 2.25. The molecule has 2 aromatic rings. The van der Waals surface area contributed by atoms with Crippen LogP contribution in [-0.2, 0) is 16.3 Å².